The highest BCUT2D eigenvalue weighted by atomic mass is 16.2. The summed E-state index contributed by atoms with van der Waals surface area (Å²) < 4.78 is 0. The van der Waals surface area contributed by atoms with Crippen molar-refractivity contribution in [3.8, 4) is 0 Å². The number of hydrogen-bond donors (Lipinski definition) is 1. The van der Waals surface area contributed by atoms with Gasteiger partial charge in [-0.15, -0.1) is 0 Å². The van der Waals surface area contributed by atoms with Gasteiger partial charge < -0.3 is 15.1 Å². The van der Waals surface area contributed by atoms with Crippen molar-refractivity contribution in [2.75, 3.05) is 31.5 Å². The number of para-hydroxylation sites is 1. The Hall–Kier alpha value is -2.04. The number of rotatable bonds is 1. The number of urea groups is 1. The molecule has 22 heavy (non-hydrogen) atoms. The van der Waals surface area contributed by atoms with Gasteiger partial charge in [-0.05, 0) is 17.0 Å². The van der Waals surface area contributed by atoms with Crippen LogP contribution in [0.5, 0.6) is 0 Å². The molecular weight excluding hydrogens is 278 g/mol. The molecule has 0 radical (unpaired) electrons. The highest BCUT2D eigenvalue weighted by Gasteiger charge is 2.24. The van der Waals surface area contributed by atoms with E-state index < -0.39 is 0 Å². The summed E-state index contributed by atoms with van der Waals surface area (Å²) in [6, 6.07) is 7.80. The maximum atomic E-state index is 12.4. The zero-order valence-electron chi connectivity index (χ0n) is 13.8. The van der Waals surface area contributed by atoms with Crippen LogP contribution < -0.4 is 5.32 Å². The Morgan fingerprint density at radius 3 is 2.09 bits per heavy atom. The molecule has 1 aromatic rings. The molecule has 0 aromatic heterocycles. The highest BCUT2D eigenvalue weighted by molar-refractivity contribution is 5.90. The van der Waals surface area contributed by atoms with Crippen LogP contribution in [0.4, 0.5) is 10.5 Å². The average Bonchev–Trinajstić information content (AvgIpc) is 2.46. The third-order valence-electron chi connectivity index (χ3n) is 3.99. The summed E-state index contributed by atoms with van der Waals surface area (Å²) in [5.41, 5.74) is 1.94. The van der Waals surface area contributed by atoms with Crippen molar-refractivity contribution in [1.82, 2.24) is 9.80 Å². The minimum atomic E-state index is -0.0973. The summed E-state index contributed by atoms with van der Waals surface area (Å²) >= 11 is 0. The van der Waals surface area contributed by atoms with Crippen molar-refractivity contribution in [2.45, 2.75) is 33.1 Å². The number of piperazine rings is 1. The van der Waals surface area contributed by atoms with Gasteiger partial charge in [0, 0.05) is 38.8 Å². The van der Waals surface area contributed by atoms with Crippen LogP contribution in [0, 0.1) is 0 Å². The quantitative estimate of drug-likeness (QED) is 0.867. The molecule has 0 unspecified atom stereocenters. The van der Waals surface area contributed by atoms with Crippen molar-refractivity contribution in [1.29, 1.82) is 0 Å². The highest BCUT2D eigenvalue weighted by Crippen LogP contribution is 2.29. The number of nitrogens with zero attached hydrogens (tertiary/aromatic N) is 2. The Balaban J connectivity index is 2.03. The lowest BCUT2D eigenvalue weighted by atomic mass is 9.86. The molecule has 0 atom stereocenters. The Morgan fingerprint density at radius 1 is 1.00 bits per heavy atom. The van der Waals surface area contributed by atoms with E-state index in [0.717, 1.165) is 11.3 Å². The Bertz CT molecular complexity index is 555. The second-order valence-electron chi connectivity index (χ2n) is 6.72. The summed E-state index contributed by atoms with van der Waals surface area (Å²) in [6.07, 6.45) is 0. The number of carbonyl (C=O) groups is 2. The van der Waals surface area contributed by atoms with Gasteiger partial charge in [-0.2, -0.15) is 0 Å². The fraction of sp³-hybridized carbons (Fsp3) is 0.529. The van der Waals surface area contributed by atoms with Crippen LogP contribution in [-0.2, 0) is 10.2 Å². The molecule has 1 N–H and O–H groups in total. The zero-order valence-corrected chi connectivity index (χ0v) is 13.8. The lowest BCUT2D eigenvalue weighted by molar-refractivity contribution is -0.130. The van der Waals surface area contributed by atoms with Crippen molar-refractivity contribution < 1.29 is 9.59 Å². The molecule has 2 rings (SSSR count). The van der Waals surface area contributed by atoms with Gasteiger partial charge in [0.05, 0.1) is 0 Å². The van der Waals surface area contributed by atoms with Gasteiger partial charge in [0.15, 0.2) is 0 Å². The lowest BCUT2D eigenvalue weighted by Gasteiger charge is -2.34. The Labute approximate surface area is 132 Å². The summed E-state index contributed by atoms with van der Waals surface area (Å²) in [6.45, 7) is 10.3. The van der Waals surface area contributed by atoms with E-state index in [1.807, 2.05) is 24.3 Å². The molecule has 5 nitrogen and oxygen atoms in total. The predicted molar refractivity (Wildman–Crippen MR) is 88.0 cm³/mol. The third kappa shape index (κ3) is 3.78. The standard InChI is InChI=1S/C17H25N3O2/c1-13(21)19-9-11-20(12-10-19)16(22)18-15-8-6-5-7-14(15)17(2,3)4/h5-8H,9-12H2,1-4H3,(H,18,22). The molecule has 1 aliphatic rings. The van der Waals surface area contributed by atoms with Crippen LogP contribution in [0.2, 0.25) is 0 Å². The molecule has 1 heterocycles. The molecule has 3 amide bonds. The monoisotopic (exact) mass is 303 g/mol. The van der Waals surface area contributed by atoms with Crippen LogP contribution in [-0.4, -0.2) is 47.9 Å². The molecule has 0 aliphatic carbocycles. The van der Waals surface area contributed by atoms with Crippen LogP contribution in [0.25, 0.3) is 0 Å². The van der Waals surface area contributed by atoms with Gasteiger partial charge in [-0.25, -0.2) is 4.79 Å². The minimum Gasteiger partial charge on any atom is -0.339 e. The van der Waals surface area contributed by atoms with Gasteiger partial charge in [0.2, 0.25) is 5.91 Å². The normalized spacial score (nSPS) is 15.6. The largest absolute Gasteiger partial charge is 0.339 e. The number of anilines is 1. The summed E-state index contributed by atoms with van der Waals surface area (Å²) in [7, 11) is 0. The van der Waals surface area contributed by atoms with E-state index in [0.29, 0.717) is 26.2 Å². The summed E-state index contributed by atoms with van der Waals surface area (Å²) in [5, 5.41) is 3.01. The molecule has 1 fully saturated rings. The third-order valence-corrected chi connectivity index (χ3v) is 3.99. The zero-order chi connectivity index (χ0) is 16.3. The predicted octanol–water partition coefficient (Wildman–Crippen LogP) is 2.68. The van der Waals surface area contributed by atoms with E-state index in [-0.39, 0.29) is 17.4 Å². The van der Waals surface area contributed by atoms with E-state index in [1.165, 1.54) is 0 Å². The second-order valence-corrected chi connectivity index (χ2v) is 6.72. The van der Waals surface area contributed by atoms with Crippen LogP contribution >= 0.6 is 0 Å². The maximum absolute atomic E-state index is 12.4. The first kappa shape index (κ1) is 16.3. The molecule has 0 bridgehead atoms. The maximum Gasteiger partial charge on any atom is 0.321 e. The van der Waals surface area contributed by atoms with Crippen LogP contribution in [0.15, 0.2) is 24.3 Å². The van der Waals surface area contributed by atoms with Crippen molar-refractivity contribution in [3.63, 3.8) is 0 Å². The minimum absolute atomic E-state index is 0.0306. The fourth-order valence-electron chi connectivity index (χ4n) is 2.66. The van der Waals surface area contributed by atoms with E-state index in [2.05, 4.69) is 26.1 Å². The number of carbonyl (C=O) groups excluding carboxylic acids is 2. The number of hydrogen-bond acceptors (Lipinski definition) is 2. The fourth-order valence-corrected chi connectivity index (χ4v) is 2.66. The van der Waals surface area contributed by atoms with E-state index in [4.69, 9.17) is 0 Å². The Kier molecular flexibility index (Phi) is 4.74. The number of nitrogens with one attached hydrogen (secondary N) is 1. The van der Waals surface area contributed by atoms with Gasteiger partial charge in [0.25, 0.3) is 0 Å². The van der Waals surface area contributed by atoms with E-state index in [9.17, 15) is 9.59 Å². The summed E-state index contributed by atoms with van der Waals surface area (Å²) in [4.78, 5) is 27.3. The smallest absolute Gasteiger partial charge is 0.321 e. The summed E-state index contributed by atoms with van der Waals surface area (Å²) in [5.74, 6) is 0.0677. The van der Waals surface area contributed by atoms with Crippen molar-refractivity contribution in [2.24, 2.45) is 0 Å². The molecule has 5 heteroatoms. The van der Waals surface area contributed by atoms with Gasteiger partial charge >= 0.3 is 6.03 Å². The topological polar surface area (TPSA) is 52.7 Å². The average molecular weight is 303 g/mol. The number of benzene rings is 1. The molecule has 0 spiro atoms. The van der Waals surface area contributed by atoms with Gasteiger partial charge in [-0.1, -0.05) is 39.0 Å². The van der Waals surface area contributed by atoms with E-state index in [1.54, 1.807) is 16.7 Å². The first-order chi connectivity index (χ1) is 10.3. The van der Waals surface area contributed by atoms with Gasteiger partial charge in [-0.3, -0.25) is 4.79 Å². The SMILES string of the molecule is CC(=O)N1CCN(C(=O)Nc2ccccc2C(C)(C)C)CC1. The van der Waals surface area contributed by atoms with Crippen molar-refractivity contribution >= 4 is 17.6 Å². The first-order valence-electron chi connectivity index (χ1n) is 7.70. The second kappa shape index (κ2) is 6.38. The molecule has 1 aliphatic heterocycles. The lowest BCUT2D eigenvalue weighted by Crippen LogP contribution is -2.51. The van der Waals surface area contributed by atoms with Gasteiger partial charge in [0.1, 0.15) is 0 Å². The molecule has 1 aromatic carbocycles. The van der Waals surface area contributed by atoms with Crippen LogP contribution in [0.3, 0.4) is 0 Å². The first-order valence-corrected chi connectivity index (χ1v) is 7.70. The Morgan fingerprint density at radius 2 is 1.55 bits per heavy atom. The molecule has 1 saturated heterocycles. The van der Waals surface area contributed by atoms with E-state index >= 15 is 0 Å². The van der Waals surface area contributed by atoms with Crippen LogP contribution in [0.1, 0.15) is 33.3 Å². The number of amides is 3. The van der Waals surface area contributed by atoms with Crippen molar-refractivity contribution in [3.05, 3.63) is 29.8 Å². The molecule has 120 valence electrons. The molecule has 0 saturated carbocycles. The molecular formula is C17H25N3O2.